The standard InChI is InChI=1S/C17H23NO7/c1-21-13-7-11(8-14(22-2)16(13)23-3)17(20)25-10-15(19)18-9-12-5-4-6-24-12/h7-8,12H,4-6,9-10H2,1-3H3,(H,18,19)/t12-/m1/s1. The number of methoxy groups -OCH3 is 3. The molecule has 2 rings (SSSR count). The molecule has 1 amide bonds. The van der Waals surface area contributed by atoms with Crippen LogP contribution in [0, 0.1) is 0 Å². The first-order chi connectivity index (χ1) is 12.1. The molecule has 1 N–H and O–H groups in total. The van der Waals surface area contributed by atoms with E-state index in [1.165, 1.54) is 33.5 Å². The first kappa shape index (κ1) is 18.9. The summed E-state index contributed by atoms with van der Waals surface area (Å²) in [5, 5.41) is 2.68. The highest BCUT2D eigenvalue weighted by molar-refractivity contribution is 5.92. The molecule has 0 aromatic heterocycles. The van der Waals surface area contributed by atoms with E-state index in [4.69, 9.17) is 23.7 Å². The van der Waals surface area contributed by atoms with Crippen molar-refractivity contribution in [2.75, 3.05) is 41.1 Å². The Morgan fingerprint density at radius 2 is 1.84 bits per heavy atom. The van der Waals surface area contributed by atoms with Gasteiger partial charge in [-0.25, -0.2) is 4.79 Å². The number of hydrogen-bond donors (Lipinski definition) is 1. The molecule has 1 saturated heterocycles. The molecule has 8 heteroatoms. The monoisotopic (exact) mass is 353 g/mol. The summed E-state index contributed by atoms with van der Waals surface area (Å²) < 4.78 is 26.0. The van der Waals surface area contributed by atoms with Crippen molar-refractivity contribution in [3.63, 3.8) is 0 Å². The van der Waals surface area contributed by atoms with Crippen molar-refractivity contribution in [2.24, 2.45) is 0 Å². The molecule has 0 saturated carbocycles. The van der Waals surface area contributed by atoms with Crippen LogP contribution in [-0.2, 0) is 14.3 Å². The molecule has 1 aromatic carbocycles. The van der Waals surface area contributed by atoms with Gasteiger partial charge in [-0.15, -0.1) is 0 Å². The molecule has 1 aliphatic rings. The molecule has 0 bridgehead atoms. The summed E-state index contributed by atoms with van der Waals surface area (Å²) in [6, 6.07) is 2.93. The van der Waals surface area contributed by atoms with Gasteiger partial charge in [0.15, 0.2) is 18.1 Å². The van der Waals surface area contributed by atoms with Gasteiger partial charge in [0.2, 0.25) is 5.75 Å². The maximum absolute atomic E-state index is 12.2. The molecular weight excluding hydrogens is 330 g/mol. The number of carbonyl (C=O) groups is 2. The lowest BCUT2D eigenvalue weighted by atomic mass is 10.2. The van der Waals surface area contributed by atoms with Crippen LogP contribution in [0.3, 0.4) is 0 Å². The molecule has 8 nitrogen and oxygen atoms in total. The SMILES string of the molecule is COc1cc(C(=O)OCC(=O)NC[C@H]2CCCO2)cc(OC)c1OC. The van der Waals surface area contributed by atoms with Crippen LogP contribution in [0.1, 0.15) is 23.2 Å². The minimum Gasteiger partial charge on any atom is -0.493 e. The van der Waals surface area contributed by atoms with Gasteiger partial charge < -0.3 is 29.0 Å². The number of hydrogen-bond acceptors (Lipinski definition) is 7. The maximum Gasteiger partial charge on any atom is 0.338 e. The summed E-state index contributed by atoms with van der Waals surface area (Å²) in [6.07, 6.45) is 1.96. The van der Waals surface area contributed by atoms with E-state index in [1.54, 1.807) is 0 Å². The van der Waals surface area contributed by atoms with E-state index in [9.17, 15) is 9.59 Å². The number of nitrogens with one attached hydrogen (secondary N) is 1. The topological polar surface area (TPSA) is 92.3 Å². The zero-order valence-electron chi connectivity index (χ0n) is 14.6. The largest absolute Gasteiger partial charge is 0.493 e. The molecule has 0 unspecified atom stereocenters. The Kier molecular flexibility index (Phi) is 6.88. The third kappa shape index (κ3) is 4.99. The van der Waals surface area contributed by atoms with E-state index in [1.807, 2.05) is 0 Å². The van der Waals surface area contributed by atoms with Crippen LogP contribution in [0.4, 0.5) is 0 Å². The highest BCUT2D eigenvalue weighted by Crippen LogP contribution is 2.38. The summed E-state index contributed by atoms with van der Waals surface area (Å²) in [7, 11) is 4.37. The predicted molar refractivity (Wildman–Crippen MR) is 88.4 cm³/mol. The van der Waals surface area contributed by atoms with E-state index < -0.39 is 5.97 Å². The molecular formula is C17H23NO7. The molecule has 1 aliphatic heterocycles. The van der Waals surface area contributed by atoms with Gasteiger partial charge >= 0.3 is 5.97 Å². The molecule has 1 aromatic rings. The van der Waals surface area contributed by atoms with Crippen molar-refractivity contribution in [1.82, 2.24) is 5.32 Å². The lowest BCUT2D eigenvalue weighted by Gasteiger charge is -2.14. The molecule has 0 aliphatic carbocycles. The van der Waals surface area contributed by atoms with E-state index >= 15 is 0 Å². The highest BCUT2D eigenvalue weighted by Gasteiger charge is 2.19. The van der Waals surface area contributed by atoms with Crippen molar-refractivity contribution >= 4 is 11.9 Å². The second kappa shape index (κ2) is 9.12. The fourth-order valence-corrected chi connectivity index (χ4v) is 2.50. The number of carbonyl (C=O) groups excluding carboxylic acids is 2. The Bertz CT molecular complexity index is 586. The smallest absolute Gasteiger partial charge is 0.338 e. The minimum atomic E-state index is -0.661. The Morgan fingerprint density at radius 3 is 2.36 bits per heavy atom. The average Bonchev–Trinajstić information content (AvgIpc) is 3.16. The number of ether oxygens (including phenoxy) is 5. The Labute approximate surface area is 146 Å². The van der Waals surface area contributed by atoms with E-state index in [-0.39, 0.29) is 24.2 Å². The lowest BCUT2D eigenvalue weighted by molar-refractivity contribution is -0.124. The maximum atomic E-state index is 12.2. The molecule has 1 atom stereocenters. The van der Waals surface area contributed by atoms with E-state index in [0.717, 1.165) is 19.4 Å². The molecule has 1 heterocycles. The molecule has 1 fully saturated rings. The summed E-state index contributed by atoms with van der Waals surface area (Å²) in [5.74, 6) is -0.00747. The zero-order chi connectivity index (χ0) is 18.2. The summed E-state index contributed by atoms with van der Waals surface area (Å²) in [6.45, 7) is 0.763. The van der Waals surface area contributed by atoms with Crippen molar-refractivity contribution in [3.8, 4) is 17.2 Å². The van der Waals surface area contributed by atoms with Crippen molar-refractivity contribution in [1.29, 1.82) is 0 Å². The quantitative estimate of drug-likeness (QED) is 0.701. The molecule has 138 valence electrons. The van der Waals surface area contributed by atoms with Gasteiger partial charge in [-0.2, -0.15) is 0 Å². The highest BCUT2D eigenvalue weighted by atomic mass is 16.5. The summed E-state index contributed by atoms with van der Waals surface area (Å²) >= 11 is 0. The van der Waals surface area contributed by atoms with Gasteiger partial charge in [-0.3, -0.25) is 4.79 Å². The average molecular weight is 353 g/mol. The van der Waals surface area contributed by atoms with Gasteiger partial charge in [0.25, 0.3) is 5.91 Å². The van der Waals surface area contributed by atoms with E-state index in [0.29, 0.717) is 23.8 Å². The molecule has 0 spiro atoms. The van der Waals surface area contributed by atoms with Crippen LogP contribution >= 0.6 is 0 Å². The first-order valence-corrected chi connectivity index (χ1v) is 7.94. The second-order valence-corrected chi connectivity index (χ2v) is 5.43. The first-order valence-electron chi connectivity index (χ1n) is 7.94. The zero-order valence-corrected chi connectivity index (χ0v) is 14.6. The van der Waals surface area contributed by atoms with E-state index in [2.05, 4.69) is 5.32 Å². The normalized spacial score (nSPS) is 16.2. The van der Waals surface area contributed by atoms with Crippen LogP contribution < -0.4 is 19.5 Å². The number of amides is 1. The fourth-order valence-electron chi connectivity index (χ4n) is 2.50. The summed E-state index contributed by atoms with van der Waals surface area (Å²) in [4.78, 5) is 23.9. The van der Waals surface area contributed by atoms with Crippen molar-refractivity contribution < 1.29 is 33.3 Å². The number of benzene rings is 1. The Balaban J connectivity index is 1.92. The van der Waals surface area contributed by atoms with Gasteiger partial charge in [-0.05, 0) is 25.0 Å². The van der Waals surface area contributed by atoms with Crippen LogP contribution in [0.15, 0.2) is 12.1 Å². The Morgan fingerprint density at radius 1 is 1.16 bits per heavy atom. The van der Waals surface area contributed by atoms with Crippen LogP contribution in [-0.4, -0.2) is 59.1 Å². The van der Waals surface area contributed by atoms with Gasteiger partial charge in [0, 0.05) is 13.2 Å². The third-order valence-electron chi connectivity index (χ3n) is 3.79. The van der Waals surface area contributed by atoms with Crippen LogP contribution in [0.2, 0.25) is 0 Å². The lowest BCUT2D eigenvalue weighted by Crippen LogP contribution is -2.34. The van der Waals surface area contributed by atoms with Crippen LogP contribution in [0.5, 0.6) is 17.2 Å². The Hall–Kier alpha value is -2.48. The second-order valence-electron chi connectivity index (χ2n) is 5.43. The summed E-state index contributed by atoms with van der Waals surface area (Å²) in [5.41, 5.74) is 0.196. The molecule has 25 heavy (non-hydrogen) atoms. The van der Waals surface area contributed by atoms with Crippen LogP contribution in [0.25, 0.3) is 0 Å². The predicted octanol–water partition coefficient (Wildman–Crippen LogP) is 1.16. The van der Waals surface area contributed by atoms with Crippen molar-refractivity contribution in [3.05, 3.63) is 17.7 Å². The van der Waals surface area contributed by atoms with Gasteiger partial charge in [0.05, 0.1) is 33.0 Å². The number of rotatable bonds is 8. The number of esters is 1. The van der Waals surface area contributed by atoms with Gasteiger partial charge in [0.1, 0.15) is 0 Å². The minimum absolute atomic E-state index is 0.0368. The van der Waals surface area contributed by atoms with Crippen molar-refractivity contribution in [2.45, 2.75) is 18.9 Å². The fraction of sp³-hybridized carbons (Fsp3) is 0.529. The molecule has 0 radical (unpaired) electrons. The third-order valence-corrected chi connectivity index (χ3v) is 3.79. The van der Waals surface area contributed by atoms with Gasteiger partial charge in [-0.1, -0.05) is 0 Å².